The van der Waals surface area contributed by atoms with Crippen molar-refractivity contribution in [2.45, 2.75) is 0 Å². The second-order valence-corrected chi connectivity index (χ2v) is 2.47. The molecule has 2 N–H and O–H groups in total. The summed E-state index contributed by atoms with van der Waals surface area (Å²) in [5.74, 6) is 0. The molecule has 13 heavy (non-hydrogen) atoms. The van der Waals surface area contributed by atoms with Gasteiger partial charge in [0.05, 0.1) is 12.3 Å². The van der Waals surface area contributed by atoms with Crippen LogP contribution in [0.15, 0.2) is 23.3 Å². The SMILES string of the molecule is CN=Cc1ncccc1NCCO. The van der Waals surface area contributed by atoms with E-state index < -0.39 is 0 Å². The summed E-state index contributed by atoms with van der Waals surface area (Å²) in [6, 6.07) is 3.74. The Hall–Kier alpha value is -1.42. The van der Waals surface area contributed by atoms with Crippen LogP contribution in [0.1, 0.15) is 5.69 Å². The smallest absolute Gasteiger partial charge is 0.104 e. The van der Waals surface area contributed by atoms with Crippen molar-refractivity contribution in [1.82, 2.24) is 4.98 Å². The molecular formula is C9H13N3O. The van der Waals surface area contributed by atoms with Crippen molar-refractivity contribution < 1.29 is 5.11 Å². The van der Waals surface area contributed by atoms with E-state index in [2.05, 4.69) is 15.3 Å². The number of hydrogen-bond acceptors (Lipinski definition) is 4. The molecule has 4 nitrogen and oxygen atoms in total. The number of nitrogens with one attached hydrogen (secondary N) is 1. The van der Waals surface area contributed by atoms with E-state index in [0.717, 1.165) is 11.4 Å². The highest BCUT2D eigenvalue weighted by Crippen LogP contribution is 2.08. The van der Waals surface area contributed by atoms with Crippen LogP contribution >= 0.6 is 0 Å². The van der Waals surface area contributed by atoms with Gasteiger partial charge in [0.2, 0.25) is 0 Å². The molecule has 4 heteroatoms. The van der Waals surface area contributed by atoms with Gasteiger partial charge in [-0.1, -0.05) is 0 Å². The van der Waals surface area contributed by atoms with Gasteiger partial charge in [-0.05, 0) is 12.1 Å². The number of anilines is 1. The van der Waals surface area contributed by atoms with Gasteiger partial charge in [-0.3, -0.25) is 9.98 Å². The number of aliphatic imine (C=N–C) groups is 1. The first-order valence-electron chi connectivity index (χ1n) is 4.10. The molecular weight excluding hydrogens is 166 g/mol. The third-order valence-corrected chi connectivity index (χ3v) is 1.52. The molecule has 0 amide bonds. The number of aliphatic hydroxyl groups excluding tert-OH is 1. The van der Waals surface area contributed by atoms with Crippen LogP contribution in [0, 0.1) is 0 Å². The van der Waals surface area contributed by atoms with Gasteiger partial charge in [0.1, 0.15) is 5.69 Å². The van der Waals surface area contributed by atoms with Crippen LogP contribution in [0.25, 0.3) is 0 Å². The number of nitrogens with zero attached hydrogens (tertiary/aromatic N) is 2. The third kappa shape index (κ3) is 2.83. The van der Waals surface area contributed by atoms with E-state index in [-0.39, 0.29) is 6.61 Å². The van der Waals surface area contributed by atoms with Gasteiger partial charge < -0.3 is 10.4 Å². The molecule has 0 spiro atoms. The van der Waals surface area contributed by atoms with Crippen molar-refractivity contribution >= 4 is 11.9 Å². The summed E-state index contributed by atoms with van der Waals surface area (Å²) < 4.78 is 0. The van der Waals surface area contributed by atoms with Crippen molar-refractivity contribution in [1.29, 1.82) is 0 Å². The average molecular weight is 179 g/mol. The molecule has 0 aliphatic carbocycles. The first kappa shape index (κ1) is 9.67. The highest BCUT2D eigenvalue weighted by Gasteiger charge is 1.97. The summed E-state index contributed by atoms with van der Waals surface area (Å²) in [6.07, 6.45) is 3.39. The second-order valence-electron chi connectivity index (χ2n) is 2.47. The zero-order valence-corrected chi connectivity index (χ0v) is 7.57. The Morgan fingerprint density at radius 2 is 2.54 bits per heavy atom. The van der Waals surface area contributed by atoms with Crippen molar-refractivity contribution in [2.24, 2.45) is 4.99 Å². The number of aromatic nitrogens is 1. The summed E-state index contributed by atoms with van der Waals surface area (Å²) in [4.78, 5) is 8.01. The fourth-order valence-corrected chi connectivity index (χ4v) is 0.983. The first-order chi connectivity index (χ1) is 6.38. The van der Waals surface area contributed by atoms with Crippen molar-refractivity contribution in [2.75, 3.05) is 25.5 Å². The topological polar surface area (TPSA) is 57.5 Å². The van der Waals surface area contributed by atoms with E-state index in [1.807, 2.05) is 12.1 Å². The molecule has 0 fully saturated rings. The molecule has 0 saturated carbocycles. The summed E-state index contributed by atoms with van der Waals surface area (Å²) in [5, 5.41) is 11.7. The van der Waals surface area contributed by atoms with Crippen LogP contribution in [0.2, 0.25) is 0 Å². The summed E-state index contributed by atoms with van der Waals surface area (Å²) in [6.45, 7) is 0.633. The number of rotatable bonds is 4. The van der Waals surface area contributed by atoms with Gasteiger partial charge in [0.25, 0.3) is 0 Å². The van der Waals surface area contributed by atoms with Gasteiger partial charge >= 0.3 is 0 Å². The second kappa shape index (κ2) is 5.27. The van der Waals surface area contributed by atoms with E-state index >= 15 is 0 Å². The molecule has 0 radical (unpaired) electrons. The molecule has 0 aliphatic heterocycles. The number of pyridine rings is 1. The Bertz CT molecular complexity index is 286. The van der Waals surface area contributed by atoms with Crippen molar-refractivity contribution in [3.05, 3.63) is 24.0 Å². The minimum absolute atomic E-state index is 0.109. The minimum atomic E-state index is 0.109. The lowest BCUT2D eigenvalue weighted by Gasteiger charge is -2.05. The van der Waals surface area contributed by atoms with Crippen molar-refractivity contribution in [3.8, 4) is 0 Å². The molecule has 0 atom stereocenters. The maximum absolute atomic E-state index is 8.63. The van der Waals surface area contributed by atoms with E-state index in [0.29, 0.717) is 6.54 Å². The molecule has 1 aromatic rings. The van der Waals surface area contributed by atoms with E-state index in [1.54, 1.807) is 19.5 Å². The lowest BCUT2D eigenvalue weighted by Crippen LogP contribution is -2.08. The zero-order chi connectivity index (χ0) is 9.52. The van der Waals surface area contributed by atoms with E-state index in [1.165, 1.54) is 0 Å². The van der Waals surface area contributed by atoms with Crippen molar-refractivity contribution in [3.63, 3.8) is 0 Å². The first-order valence-corrected chi connectivity index (χ1v) is 4.10. The molecule has 1 heterocycles. The van der Waals surface area contributed by atoms with E-state index in [4.69, 9.17) is 5.11 Å². The number of hydrogen-bond donors (Lipinski definition) is 2. The van der Waals surface area contributed by atoms with Crippen LogP contribution in [0.4, 0.5) is 5.69 Å². The van der Waals surface area contributed by atoms with Gasteiger partial charge in [-0.2, -0.15) is 0 Å². The standard InChI is InChI=1S/C9H13N3O/c1-10-7-9-8(12-5-6-13)3-2-4-11-9/h2-4,7,12-13H,5-6H2,1H3. The van der Waals surface area contributed by atoms with Crippen LogP contribution in [0.5, 0.6) is 0 Å². The molecule has 0 unspecified atom stereocenters. The minimum Gasteiger partial charge on any atom is -0.395 e. The van der Waals surface area contributed by atoms with E-state index in [9.17, 15) is 0 Å². The normalized spacial score (nSPS) is 10.6. The van der Waals surface area contributed by atoms with Crippen LogP contribution in [-0.2, 0) is 0 Å². The Morgan fingerprint density at radius 1 is 1.69 bits per heavy atom. The van der Waals surface area contributed by atoms with Crippen LogP contribution in [0.3, 0.4) is 0 Å². The molecule has 0 bridgehead atoms. The average Bonchev–Trinajstić information content (AvgIpc) is 2.17. The summed E-state index contributed by atoms with van der Waals surface area (Å²) in [5.41, 5.74) is 1.68. The van der Waals surface area contributed by atoms with Gasteiger partial charge in [0.15, 0.2) is 0 Å². The van der Waals surface area contributed by atoms with Gasteiger partial charge in [0, 0.05) is 26.0 Å². The third-order valence-electron chi connectivity index (χ3n) is 1.52. The lowest BCUT2D eigenvalue weighted by molar-refractivity contribution is 0.311. The maximum Gasteiger partial charge on any atom is 0.104 e. The largest absolute Gasteiger partial charge is 0.395 e. The predicted molar refractivity (Wildman–Crippen MR) is 53.3 cm³/mol. The Kier molecular flexibility index (Phi) is 3.92. The highest BCUT2D eigenvalue weighted by atomic mass is 16.3. The molecule has 0 aliphatic rings. The zero-order valence-electron chi connectivity index (χ0n) is 7.57. The summed E-state index contributed by atoms with van der Waals surface area (Å²) >= 11 is 0. The Morgan fingerprint density at radius 3 is 3.23 bits per heavy atom. The lowest BCUT2D eigenvalue weighted by atomic mass is 10.3. The fourth-order valence-electron chi connectivity index (χ4n) is 0.983. The van der Waals surface area contributed by atoms with Gasteiger partial charge in [-0.25, -0.2) is 0 Å². The Balaban J connectivity index is 2.78. The summed E-state index contributed by atoms with van der Waals surface area (Å²) in [7, 11) is 1.70. The molecule has 0 aromatic carbocycles. The maximum atomic E-state index is 8.63. The quantitative estimate of drug-likeness (QED) is 0.663. The molecule has 1 aromatic heterocycles. The predicted octanol–water partition coefficient (Wildman–Crippen LogP) is 0.534. The number of aliphatic hydroxyl groups is 1. The van der Waals surface area contributed by atoms with Crippen LogP contribution in [-0.4, -0.2) is 36.5 Å². The van der Waals surface area contributed by atoms with Crippen LogP contribution < -0.4 is 5.32 Å². The molecule has 70 valence electrons. The Labute approximate surface area is 77.4 Å². The fraction of sp³-hybridized carbons (Fsp3) is 0.333. The monoisotopic (exact) mass is 179 g/mol. The molecule has 1 rings (SSSR count). The molecule has 0 saturated heterocycles. The van der Waals surface area contributed by atoms with Gasteiger partial charge in [-0.15, -0.1) is 0 Å². The highest BCUT2D eigenvalue weighted by molar-refractivity contribution is 5.84.